The van der Waals surface area contributed by atoms with Crippen LogP contribution in [0.2, 0.25) is 0 Å². The van der Waals surface area contributed by atoms with Crippen LogP contribution in [0.3, 0.4) is 0 Å². The third kappa shape index (κ3) is 4.14. The molecule has 5 nitrogen and oxygen atoms in total. The Labute approximate surface area is 158 Å². The molecule has 0 unspecified atom stereocenters. The molecule has 0 bridgehead atoms. The quantitative estimate of drug-likeness (QED) is 0.688. The molecule has 3 aromatic rings. The molecule has 0 aliphatic carbocycles. The maximum absolute atomic E-state index is 12.9. The van der Waals surface area contributed by atoms with Crippen LogP contribution in [0.5, 0.6) is 0 Å². The first-order chi connectivity index (χ1) is 12.4. The van der Waals surface area contributed by atoms with Crippen LogP contribution in [0.15, 0.2) is 58.8 Å². The maximum Gasteiger partial charge on any atom is 0.256 e. The van der Waals surface area contributed by atoms with E-state index < -0.39 is 0 Å². The molecule has 0 atom stereocenters. The van der Waals surface area contributed by atoms with Crippen molar-refractivity contribution in [1.82, 2.24) is 19.7 Å². The largest absolute Gasteiger partial charge is 0.337 e. The molecular formula is C20H22N4OS. The van der Waals surface area contributed by atoms with Gasteiger partial charge in [0.15, 0.2) is 0 Å². The molecule has 134 valence electrons. The number of aryl methyl sites for hydroxylation is 3. The lowest BCUT2D eigenvalue weighted by Gasteiger charge is -2.17. The van der Waals surface area contributed by atoms with Crippen LogP contribution in [0.1, 0.15) is 27.0 Å². The predicted octanol–water partition coefficient (Wildman–Crippen LogP) is 3.86. The van der Waals surface area contributed by atoms with Gasteiger partial charge < -0.3 is 4.90 Å². The second-order valence-corrected chi connectivity index (χ2v) is 7.45. The second kappa shape index (κ2) is 7.74. The van der Waals surface area contributed by atoms with Crippen molar-refractivity contribution < 1.29 is 4.79 Å². The van der Waals surface area contributed by atoms with Crippen molar-refractivity contribution in [3.63, 3.8) is 0 Å². The van der Waals surface area contributed by atoms with E-state index in [1.165, 1.54) is 22.9 Å². The Morgan fingerprint density at radius 2 is 2.04 bits per heavy atom. The van der Waals surface area contributed by atoms with Crippen LogP contribution in [-0.4, -0.2) is 32.6 Å². The number of rotatable bonds is 5. The molecule has 1 aromatic carbocycles. The molecule has 2 heterocycles. The van der Waals surface area contributed by atoms with Gasteiger partial charge in [-0.1, -0.05) is 17.8 Å². The zero-order chi connectivity index (χ0) is 18.7. The highest BCUT2D eigenvalue weighted by molar-refractivity contribution is 7.99. The first-order valence-corrected chi connectivity index (χ1v) is 9.19. The number of nitrogens with zero attached hydrogens (tertiary/aromatic N) is 4. The Kier molecular flexibility index (Phi) is 5.42. The summed E-state index contributed by atoms with van der Waals surface area (Å²) in [7, 11) is 3.66. The standard InChI is InChI=1S/C20H22N4OS/c1-14-7-8-17(10-15(14)2)26-19-18(6-5-9-21-19)20(25)23(3)12-16-11-22-24(4)13-16/h5-11,13H,12H2,1-4H3. The molecular weight excluding hydrogens is 344 g/mol. The van der Waals surface area contributed by atoms with Crippen molar-refractivity contribution >= 4 is 17.7 Å². The van der Waals surface area contributed by atoms with Crippen LogP contribution in [-0.2, 0) is 13.6 Å². The summed E-state index contributed by atoms with van der Waals surface area (Å²) in [5.41, 5.74) is 4.09. The fourth-order valence-corrected chi connectivity index (χ4v) is 3.60. The van der Waals surface area contributed by atoms with Crippen molar-refractivity contribution in [2.75, 3.05) is 7.05 Å². The van der Waals surface area contributed by atoms with Crippen molar-refractivity contribution in [2.24, 2.45) is 7.05 Å². The Morgan fingerprint density at radius 1 is 1.23 bits per heavy atom. The number of amides is 1. The van der Waals surface area contributed by atoms with Crippen LogP contribution < -0.4 is 0 Å². The Morgan fingerprint density at radius 3 is 2.73 bits per heavy atom. The van der Waals surface area contributed by atoms with E-state index in [1.807, 2.05) is 19.3 Å². The van der Waals surface area contributed by atoms with Crippen LogP contribution in [0.25, 0.3) is 0 Å². The maximum atomic E-state index is 12.9. The fourth-order valence-electron chi connectivity index (χ4n) is 2.63. The van der Waals surface area contributed by atoms with E-state index in [2.05, 4.69) is 42.1 Å². The van der Waals surface area contributed by atoms with Gasteiger partial charge in [0.1, 0.15) is 5.03 Å². The number of aromatic nitrogens is 3. The van der Waals surface area contributed by atoms with Crippen molar-refractivity contribution in [3.05, 3.63) is 71.2 Å². The predicted molar refractivity (Wildman–Crippen MR) is 103 cm³/mol. The lowest BCUT2D eigenvalue weighted by molar-refractivity contribution is 0.0781. The van der Waals surface area contributed by atoms with Gasteiger partial charge in [-0.2, -0.15) is 5.10 Å². The van der Waals surface area contributed by atoms with E-state index in [4.69, 9.17) is 0 Å². The first-order valence-electron chi connectivity index (χ1n) is 8.37. The summed E-state index contributed by atoms with van der Waals surface area (Å²) >= 11 is 1.52. The molecule has 3 rings (SSSR count). The van der Waals surface area contributed by atoms with E-state index in [0.29, 0.717) is 12.1 Å². The second-order valence-electron chi connectivity index (χ2n) is 6.39. The molecule has 0 saturated heterocycles. The lowest BCUT2D eigenvalue weighted by atomic mass is 10.1. The molecule has 1 amide bonds. The van der Waals surface area contributed by atoms with E-state index in [-0.39, 0.29) is 5.91 Å². The average Bonchev–Trinajstić information content (AvgIpc) is 3.03. The van der Waals surface area contributed by atoms with Gasteiger partial charge in [-0.15, -0.1) is 0 Å². The summed E-state index contributed by atoms with van der Waals surface area (Å²) in [6.45, 7) is 4.69. The molecule has 0 aliphatic rings. The summed E-state index contributed by atoms with van der Waals surface area (Å²) < 4.78 is 1.73. The van der Waals surface area contributed by atoms with Gasteiger partial charge in [-0.25, -0.2) is 4.98 Å². The number of pyridine rings is 1. The number of benzene rings is 1. The number of carbonyl (C=O) groups excluding carboxylic acids is 1. The zero-order valence-corrected chi connectivity index (χ0v) is 16.2. The van der Waals surface area contributed by atoms with Crippen molar-refractivity contribution in [1.29, 1.82) is 0 Å². The minimum absolute atomic E-state index is 0.0479. The van der Waals surface area contributed by atoms with E-state index >= 15 is 0 Å². The van der Waals surface area contributed by atoms with E-state index in [9.17, 15) is 4.79 Å². The average molecular weight is 366 g/mol. The topological polar surface area (TPSA) is 51.0 Å². The van der Waals surface area contributed by atoms with Gasteiger partial charge in [0.25, 0.3) is 5.91 Å². The fraction of sp³-hybridized carbons (Fsp3) is 0.250. The number of hydrogen-bond acceptors (Lipinski definition) is 4. The van der Waals surface area contributed by atoms with Crippen molar-refractivity contribution in [3.8, 4) is 0 Å². The Hall–Kier alpha value is -2.60. The van der Waals surface area contributed by atoms with Gasteiger partial charge in [0.2, 0.25) is 0 Å². The highest BCUT2D eigenvalue weighted by atomic mass is 32.2. The van der Waals surface area contributed by atoms with Crippen molar-refractivity contribution in [2.45, 2.75) is 30.3 Å². The van der Waals surface area contributed by atoms with Gasteiger partial charge in [-0.3, -0.25) is 9.48 Å². The van der Waals surface area contributed by atoms with Gasteiger partial charge in [-0.05, 0) is 49.2 Å². The van der Waals surface area contributed by atoms with E-state index in [1.54, 1.807) is 35.1 Å². The third-order valence-electron chi connectivity index (χ3n) is 4.22. The molecule has 0 saturated carbocycles. The SMILES string of the molecule is Cc1ccc(Sc2ncccc2C(=O)N(C)Cc2cnn(C)c2)cc1C. The molecule has 26 heavy (non-hydrogen) atoms. The first kappa shape index (κ1) is 18.2. The summed E-state index contributed by atoms with van der Waals surface area (Å²) in [6.07, 6.45) is 5.41. The highest BCUT2D eigenvalue weighted by Crippen LogP contribution is 2.30. The minimum Gasteiger partial charge on any atom is -0.337 e. The Balaban J connectivity index is 1.81. The number of carbonyl (C=O) groups is 1. The molecule has 0 radical (unpaired) electrons. The summed E-state index contributed by atoms with van der Waals surface area (Å²) in [5.74, 6) is -0.0479. The zero-order valence-electron chi connectivity index (χ0n) is 15.4. The molecule has 0 N–H and O–H groups in total. The summed E-state index contributed by atoms with van der Waals surface area (Å²) in [4.78, 5) is 20.1. The van der Waals surface area contributed by atoms with E-state index in [0.717, 1.165) is 15.5 Å². The normalized spacial score (nSPS) is 10.8. The minimum atomic E-state index is -0.0479. The lowest BCUT2D eigenvalue weighted by Crippen LogP contribution is -2.26. The van der Waals surface area contributed by atoms with Crippen LogP contribution >= 0.6 is 11.8 Å². The van der Waals surface area contributed by atoms with Crippen LogP contribution in [0.4, 0.5) is 0 Å². The van der Waals surface area contributed by atoms with Gasteiger partial charge in [0, 0.05) is 43.5 Å². The molecule has 6 heteroatoms. The highest BCUT2D eigenvalue weighted by Gasteiger charge is 2.18. The molecule has 2 aromatic heterocycles. The summed E-state index contributed by atoms with van der Waals surface area (Å²) in [6, 6.07) is 9.92. The number of hydrogen-bond donors (Lipinski definition) is 0. The van der Waals surface area contributed by atoms with Gasteiger partial charge >= 0.3 is 0 Å². The molecule has 0 fully saturated rings. The Bertz CT molecular complexity index is 935. The third-order valence-corrected chi connectivity index (χ3v) is 5.23. The monoisotopic (exact) mass is 366 g/mol. The summed E-state index contributed by atoms with van der Waals surface area (Å²) in [5, 5.41) is 4.87. The molecule has 0 spiro atoms. The smallest absolute Gasteiger partial charge is 0.256 e. The van der Waals surface area contributed by atoms with Crippen LogP contribution in [0, 0.1) is 13.8 Å². The molecule has 0 aliphatic heterocycles. The van der Waals surface area contributed by atoms with Gasteiger partial charge in [0.05, 0.1) is 11.8 Å².